The van der Waals surface area contributed by atoms with Crippen molar-refractivity contribution in [3.05, 3.63) is 34.9 Å². The van der Waals surface area contributed by atoms with Crippen LogP contribution in [-0.2, 0) is 31.5 Å². The number of alkyl halides is 6. The Bertz CT molecular complexity index is 934. The molecule has 1 atom stereocenters. The van der Waals surface area contributed by atoms with Crippen LogP contribution in [0.25, 0.3) is 0 Å². The van der Waals surface area contributed by atoms with E-state index in [0.717, 1.165) is 0 Å². The van der Waals surface area contributed by atoms with E-state index in [1.54, 1.807) is 0 Å². The van der Waals surface area contributed by atoms with Crippen molar-refractivity contribution < 1.29 is 55.1 Å². The van der Waals surface area contributed by atoms with Gasteiger partial charge in [-0.2, -0.15) is 26.3 Å². The van der Waals surface area contributed by atoms with Crippen LogP contribution in [0.1, 0.15) is 34.3 Å². The minimum atomic E-state index is -5.33. The molecular weight excluding hydrogens is 500 g/mol. The number of carbonyl (C=O) groups excluding carboxylic acids is 5. The van der Waals surface area contributed by atoms with E-state index in [4.69, 9.17) is 5.73 Å². The highest BCUT2D eigenvalue weighted by molar-refractivity contribution is 7.96. The molecule has 9 nitrogen and oxygen atoms in total. The van der Waals surface area contributed by atoms with Crippen LogP contribution >= 0.6 is 12.6 Å². The number of hydrogen-bond acceptors (Lipinski definition) is 6. The Morgan fingerprint density at radius 3 is 1.97 bits per heavy atom. The summed E-state index contributed by atoms with van der Waals surface area (Å²) in [5, 5.41) is 3.12. The molecule has 0 fully saturated rings. The maximum atomic E-state index is 13.1. The zero-order chi connectivity index (χ0) is 26.3. The molecule has 0 unspecified atom stereocenters. The van der Waals surface area contributed by atoms with Crippen LogP contribution in [0.15, 0.2) is 18.2 Å². The summed E-state index contributed by atoms with van der Waals surface area (Å²) in [7, 11) is 0. The van der Waals surface area contributed by atoms with Crippen LogP contribution in [0, 0.1) is 0 Å². The summed E-state index contributed by atoms with van der Waals surface area (Å²) in [5.74, 6) is -4.94. The smallest absolute Gasteiger partial charge is 0.417 e. The van der Waals surface area contributed by atoms with Crippen LogP contribution in [0.4, 0.5) is 31.1 Å². The van der Waals surface area contributed by atoms with Gasteiger partial charge in [0.05, 0.1) is 23.2 Å². The third-order valence-electron chi connectivity index (χ3n) is 4.00. The zero-order valence-electron chi connectivity index (χ0n) is 16.9. The lowest BCUT2D eigenvalue weighted by Crippen LogP contribution is -2.47. The molecule has 0 heterocycles. The van der Waals surface area contributed by atoms with E-state index < -0.39 is 77.0 Å². The highest BCUT2D eigenvalue weighted by Crippen LogP contribution is 2.39. The number of amides is 3. The number of thiol groups is 1. The fraction of sp³-hybridized carbons (Fsp3) is 0.389. The number of Topliss-reactive ketones (excluding diaryl/α,β-unsaturated/α-hetero) is 1. The molecule has 1 aromatic rings. The Kier molecular flexibility index (Phi) is 9.90. The Labute approximate surface area is 192 Å². The van der Waals surface area contributed by atoms with Crippen LogP contribution in [0.2, 0.25) is 0 Å². The number of rotatable bonds is 10. The van der Waals surface area contributed by atoms with Crippen LogP contribution < -0.4 is 16.4 Å². The molecule has 34 heavy (non-hydrogen) atoms. The van der Waals surface area contributed by atoms with Crippen molar-refractivity contribution in [2.75, 3.05) is 13.2 Å². The number of carbonyl (C=O) groups is 5. The van der Waals surface area contributed by atoms with Crippen molar-refractivity contribution in [3.8, 4) is 0 Å². The number of ketones is 1. The molecular formula is C18H17F6N3O6S. The average Bonchev–Trinajstić information content (AvgIpc) is 2.70. The van der Waals surface area contributed by atoms with Crippen molar-refractivity contribution in [2.45, 2.75) is 31.2 Å². The fourth-order valence-electron chi connectivity index (χ4n) is 2.53. The highest BCUT2D eigenvalue weighted by Gasteiger charge is 2.43. The number of hydrogen-bond donors (Lipinski definition) is 4. The number of primary amides is 1. The highest BCUT2D eigenvalue weighted by atomic mass is 32.1. The first-order valence-electron chi connectivity index (χ1n) is 9.05. The number of nitrogens with two attached hydrogens (primary N) is 1. The molecule has 0 aliphatic carbocycles. The molecule has 0 aliphatic heterocycles. The molecule has 0 spiro atoms. The van der Waals surface area contributed by atoms with Gasteiger partial charge in [0.1, 0.15) is 6.04 Å². The number of esters is 1. The van der Waals surface area contributed by atoms with Crippen molar-refractivity contribution >= 4 is 41.4 Å². The van der Waals surface area contributed by atoms with Gasteiger partial charge in [-0.1, -0.05) is 18.7 Å². The Morgan fingerprint density at radius 1 is 1.00 bits per heavy atom. The van der Waals surface area contributed by atoms with Gasteiger partial charge >= 0.3 is 18.3 Å². The number of halogens is 6. The van der Waals surface area contributed by atoms with Crippen LogP contribution in [-0.4, -0.2) is 48.0 Å². The maximum Gasteiger partial charge on any atom is 0.417 e. The molecule has 0 aliphatic rings. The van der Waals surface area contributed by atoms with Gasteiger partial charge in [-0.3, -0.25) is 19.2 Å². The van der Waals surface area contributed by atoms with Crippen molar-refractivity contribution in [1.82, 2.24) is 10.6 Å². The van der Waals surface area contributed by atoms with Gasteiger partial charge in [0.25, 0.3) is 5.24 Å². The van der Waals surface area contributed by atoms with Crippen molar-refractivity contribution in [3.63, 3.8) is 0 Å². The summed E-state index contributed by atoms with van der Waals surface area (Å²) in [5.41, 5.74) is -0.697. The van der Waals surface area contributed by atoms with E-state index in [9.17, 15) is 50.3 Å². The van der Waals surface area contributed by atoms with E-state index >= 15 is 0 Å². The molecule has 16 heteroatoms. The summed E-state index contributed by atoms with van der Waals surface area (Å²) in [6.45, 7) is -2.14. The van der Waals surface area contributed by atoms with Gasteiger partial charge in [-0.25, -0.2) is 4.79 Å². The molecule has 3 amide bonds. The lowest BCUT2D eigenvalue weighted by atomic mass is 10.00. The molecule has 0 radical (unpaired) electrons. The third-order valence-corrected chi connectivity index (χ3v) is 4.13. The van der Waals surface area contributed by atoms with E-state index in [0.29, 0.717) is 6.07 Å². The Morgan fingerprint density at radius 2 is 1.53 bits per heavy atom. The SMILES string of the molecule is NC(=O)CC[C@H](NC(=O)S)C(=O)NCC(=O)COC(=O)c1c(C(F)(F)F)cccc1C(F)(F)F. The van der Waals surface area contributed by atoms with Crippen LogP contribution in [0.3, 0.4) is 0 Å². The lowest BCUT2D eigenvalue weighted by Gasteiger charge is -2.18. The topological polar surface area (TPSA) is 145 Å². The van der Waals surface area contributed by atoms with Crippen molar-refractivity contribution in [2.24, 2.45) is 5.73 Å². The normalized spacial score (nSPS) is 12.4. The fourth-order valence-corrected chi connectivity index (χ4v) is 2.68. The first-order chi connectivity index (χ1) is 15.5. The largest absolute Gasteiger partial charge is 0.454 e. The first-order valence-corrected chi connectivity index (χ1v) is 9.50. The molecule has 1 aromatic carbocycles. The van der Waals surface area contributed by atoms with Gasteiger partial charge in [0, 0.05) is 6.42 Å². The minimum absolute atomic E-state index is 0.246. The van der Waals surface area contributed by atoms with Gasteiger partial charge in [-0.15, -0.1) is 0 Å². The molecule has 0 saturated heterocycles. The Hall–Kier alpha value is -3.30. The summed E-state index contributed by atoms with van der Waals surface area (Å²) < 4.78 is 83.0. The Balaban J connectivity index is 2.86. The maximum absolute atomic E-state index is 13.1. The van der Waals surface area contributed by atoms with Gasteiger partial charge in [0.15, 0.2) is 12.4 Å². The van der Waals surface area contributed by atoms with E-state index in [1.165, 1.54) is 0 Å². The van der Waals surface area contributed by atoms with Gasteiger partial charge in [-0.05, 0) is 18.6 Å². The quantitative estimate of drug-likeness (QED) is 0.212. The second kappa shape index (κ2) is 11.7. The van der Waals surface area contributed by atoms with Crippen molar-refractivity contribution in [1.29, 1.82) is 0 Å². The second-order valence-corrected chi connectivity index (χ2v) is 6.97. The second-order valence-electron chi connectivity index (χ2n) is 6.56. The number of benzene rings is 1. The van der Waals surface area contributed by atoms with Gasteiger partial charge in [0.2, 0.25) is 11.8 Å². The molecule has 188 valence electrons. The summed E-state index contributed by atoms with van der Waals surface area (Å²) in [4.78, 5) is 57.8. The monoisotopic (exact) mass is 517 g/mol. The summed E-state index contributed by atoms with van der Waals surface area (Å²) >= 11 is 3.40. The standard InChI is InChI=1S/C18H17F6N3O6S/c19-17(20,21)9-2-1-3-10(18(22,23)24)13(9)15(31)33-7-8(28)6-26-14(30)11(27-16(32)34)4-5-12(25)29/h1-3,11H,4-7H2,(H2,25,29)(H,26,30)(H2,27,32,34)/t11-/m0/s1. The van der Waals surface area contributed by atoms with E-state index in [1.807, 2.05) is 5.32 Å². The predicted molar refractivity (Wildman–Crippen MR) is 104 cm³/mol. The molecule has 4 N–H and O–H groups in total. The number of ether oxygens (including phenoxy) is 1. The summed E-state index contributed by atoms with van der Waals surface area (Å²) in [6, 6.07) is -0.381. The summed E-state index contributed by atoms with van der Waals surface area (Å²) in [6.07, 6.45) is -11.2. The molecule has 0 aromatic heterocycles. The lowest BCUT2D eigenvalue weighted by molar-refractivity contribution is -0.144. The molecule has 0 bridgehead atoms. The molecule has 0 saturated carbocycles. The van der Waals surface area contributed by atoms with E-state index in [2.05, 4.69) is 22.7 Å². The first kappa shape index (κ1) is 28.7. The predicted octanol–water partition coefficient (Wildman–Crippen LogP) is 1.84. The minimum Gasteiger partial charge on any atom is -0.454 e. The molecule has 1 rings (SSSR count). The third kappa shape index (κ3) is 8.92. The average molecular weight is 517 g/mol. The number of nitrogens with one attached hydrogen (secondary N) is 2. The van der Waals surface area contributed by atoms with E-state index in [-0.39, 0.29) is 25.0 Å². The van der Waals surface area contributed by atoms with Crippen LogP contribution in [0.5, 0.6) is 0 Å². The van der Waals surface area contributed by atoms with Gasteiger partial charge < -0.3 is 21.1 Å². The zero-order valence-corrected chi connectivity index (χ0v) is 17.8.